The van der Waals surface area contributed by atoms with E-state index in [-0.39, 0.29) is 5.56 Å². The monoisotopic (exact) mass is 241 g/mol. The van der Waals surface area contributed by atoms with E-state index >= 15 is 0 Å². The van der Waals surface area contributed by atoms with E-state index in [9.17, 15) is 4.79 Å². The van der Waals surface area contributed by atoms with Crippen molar-refractivity contribution in [2.45, 2.75) is 19.4 Å². The topological polar surface area (TPSA) is 46.9 Å². The zero-order valence-electron chi connectivity index (χ0n) is 10.1. The minimum atomic E-state index is -0.0491. The van der Waals surface area contributed by atoms with Gasteiger partial charge in [-0.05, 0) is 18.4 Å². The van der Waals surface area contributed by atoms with Crippen LogP contribution in [0.4, 0.5) is 5.69 Å². The van der Waals surface area contributed by atoms with Gasteiger partial charge in [-0.1, -0.05) is 30.3 Å². The van der Waals surface area contributed by atoms with Crippen LogP contribution in [0.1, 0.15) is 17.7 Å². The molecular formula is C14H15N3O. The minimum Gasteiger partial charge on any atom is -0.383 e. The molecule has 92 valence electrons. The molecule has 4 heteroatoms. The lowest BCUT2D eigenvalue weighted by Crippen LogP contribution is -2.27. The standard InChI is InChI=1S/C14H15N3O/c18-14-9-13-12(7-4-8-15-13)16-17(14)10-11-5-2-1-3-6-11/h1-3,5-6,9,15H,4,7-8,10H2. The summed E-state index contributed by atoms with van der Waals surface area (Å²) in [4.78, 5) is 12.0. The molecule has 1 aromatic heterocycles. The van der Waals surface area contributed by atoms with Crippen molar-refractivity contribution in [1.29, 1.82) is 0 Å². The molecule has 1 aliphatic rings. The molecule has 0 amide bonds. The zero-order chi connectivity index (χ0) is 12.4. The van der Waals surface area contributed by atoms with Crippen molar-refractivity contribution in [3.8, 4) is 0 Å². The van der Waals surface area contributed by atoms with Gasteiger partial charge in [-0.25, -0.2) is 4.68 Å². The van der Waals surface area contributed by atoms with Crippen LogP contribution in [0.5, 0.6) is 0 Å². The van der Waals surface area contributed by atoms with Crippen molar-refractivity contribution in [2.75, 3.05) is 11.9 Å². The highest BCUT2D eigenvalue weighted by atomic mass is 16.1. The Bertz CT molecular complexity index is 604. The third kappa shape index (κ3) is 2.14. The Morgan fingerprint density at radius 2 is 2.11 bits per heavy atom. The maximum Gasteiger partial charge on any atom is 0.269 e. The highest BCUT2D eigenvalue weighted by Gasteiger charge is 2.12. The van der Waals surface area contributed by atoms with Gasteiger partial charge in [-0.15, -0.1) is 0 Å². The molecule has 3 rings (SSSR count). The second-order valence-electron chi connectivity index (χ2n) is 4.52. The lowest BCUT2D eigenvalue weighted by molar-refractivity contribution is 0.608. The van der Waals surface area contributed by atoms with Crippen LogP contribution in [-0.4, -0.2) is 16.3 Å². The number of nitrogens with zero attached hydrogens (tertiary/aromatic N) is 2. The van der Waals surface area contributed by atoms with Crippen LogP contribution in [0.15, 0.2) is 41.2 Å². The highest BCUT2D eigenvalue weighted by molar-refractivity contribution is 5.48. The number of anilines is 1. The number of aromatic nitrogens is 2. The second kappa shape index (κ2) is 4.64. The van der Waals surface area contributed by atoms with Gasteiger partial charge >= 0.3 is 0 Å². The van der Waals surface area contributed by atoms with Crippen LogP contribution < -0.4 is 10.9 Å². The van der Waals surface area contributed by atoms with Gasteiger partial charge < -0.3 is 5.32 Å². The molecule has 0 bridgehead atoms. The maximum absolute atomic E-state index is 12.0. The molecule has 0 aliphatic carbocycles. The quantitative estimate of drug-likeness (QED) is 0.869. The first-order chi connectivity index (χ1) is 8.83. The second-order valence-corrected chi connectivity index (χ2v) is 4.52. The SMILES string of the molecule is O=c1cc2c(nn1Cc1ccccc1)CCCN2. The average Bonchev–Trinajstić information content (AvgIpc) is 2.41. The Morgan fingerprint density at radius 3 is 2.94 bits per heavy atom. The molecule has 4 nitrogen and oxygen atoms in total. The lowest BCUT2D eigenvalue weighted by atomic mass is 10.1. The fourth-order valence-electron chi connectivity index (χ4n) is 2.22. The Balaban J connectivity index is 1.95. The number of rotatable bonds is 2. The molecule has 0 saturated carbocycles. The van der Waals surface area contributed by atoms with Crippen molar-refractivity contribution >= 4 is 5.69 Å². The van der Waals surface area contributed by atoms with E-state index in [0.717, 1.165) is 36.3 Å². The fraction of sp³-hybridized carbons (Fsp3) is 0.286. The summed E-state index contributed by atoms with van der Waals surface area (Å²) in [7, 11) is 0. The molecule has 1 aliphatic heterocycles. The number of benzene rings is 1. The van der Waals surface area contributed by atoms with Gasteiger partial charge in [0.05, 0.1) is 17.9 Å². The van der Waals surface area contributed by atoms with Crippen molar-refractivity contribution in [2.24, 2.45) is 0 Å². The van der Waals surface area contributed by atoms with Crippen molar-refractivity contribution < 1.29 is 0 Å². The largest absolute Gasteiger partial charge is 0.383 e. The van der Waals surface area contributed by atoms with Gasteiger partial charge in [0.15, 0.2) is 0 Å². The summed E-state index contributed by atoms with van der Waals surface area (Å²) in [5, 5.41) is 7.67. The summed E-state index contributed by atoms with van der Waals surface area (Å²) < 4.78 is 1.54. The van der Waals surface area contributed by atoms with E-state index in [4.69, 9.17) is 0 Å². The number of hydrogen-bond donors (Lipinski definition) is 1. The van der Waals surface area contributed by atoms with Gasteiger partial charge in [0, 0.05) is 12.6 Å². The van der Waals surface area contributed by atoms with E-state index in [1.807, 2.05) is 30.3 Å². The summed E-state index contributed by atoms with van der Waals surface area (Å²) in [6, 6.07) is 11.6. The first-order valence-corrected chi connectivity index (χ1v) is 6.22. The molecule has 0 atom stereocenters. The van der Waals surface area contributed by atoms with Gasteiger partial charge in [-0.2, -0.15) is 5.10 Å². The molecule has 18 heavy (non-hydrogen) atoms. The van der Waals surface area contributed by atoms with E-state index in [2.05, 4.69) is 10.4 Å². The summed E-state index contributed by atoms with van der Waals surface area (Å²) >= 11 is 0. The Kier molecular flexibility index (Phi) is 2.84. The smallest absolute Gasteiger partial charge is 0.269 e. The first-order valence-electron chi connectivity index (χ1n) is 6.22. The predicted octanol–water partition coefficient (Wildman–Crippen LogP) is 1.65. The van der Waals surface area contributed by atoms with Crippen LogP contribution in [0.2, 0.25) is 0 Å². The molecular weight excluding hydrogens is 226 g/mol. The fourth-order valence-corrected chi connectivity index (χ4v) is 2.22. The highest BCUT2D eigenvalue weighted by Crippen LogP contribution is 2.16. The van der Waals surface area contributed by atoms with E-state index in [1.54, 1.807) is 10.7 Å². The Hall–Kier alpha value is -2.10. The number of fused-ring (bicyclic) bond motifs is 1. The van der Waals surface area contributed by atoms with Crippen LogP contribution in [0.25, 0.3) is 0 Å². The third-order valence-corrected chi connectivity index (χ3v) is 3.16. The zero-order valence-corrected chi connectivity index (χ0v) is 10.1. The maximum atomic E-state index is 12.0. The minimum absolute atomic E-state index is 0.0491. The summed E-state index contributed by atoms with van der Waals surface area (Å²) in [6.45, 7) is 1.46. The molecule has 1 N–H and O–H groups in total. The van der Waals surface area contributed by atoms with Crippen LogP contribution >= 0.6 is 0 Å². The summed E-state index contributed by atoms with van der Waals surface area (Å²) in [5.74, 6) is 0. The molecule has 0 fully saturated rings. The predicted molar refractivity (Wildman–Crippen MR) is 70.9 cm³/mol. The summed E-state index contributed by atoms with van der Waals surface area (Å²) in [5.41, 5.74) is 2.94. The van der Waals surface area contributed by atoms with E-state index < -0.39 is 0 Å². The van der Waals surface area contributed by atoms with Crippen LogP contribution in [-0.2, 0) is 13.0 Å². The van der Waals surface area contributed by atoms with Gasteiger partial charge in [-0.3, -0.25) is 4.79 Å². The van der Waals surface area contributed by atoms with Crippen LogP contribution in [0, 0.1) is 0 Å². The Morgan fingerprint density at radius 1 is 1.28 bits per heavy atom. The van der Waals surface area contributed by atoms with E-state index in [1.165, 1.54) is 0 Å². The molecule has 0 spiro atoms. The normalized spacial score (nSPS) is 13.8. The van der Waals surface area contributed by atoms with Crippen molar-refractivity contribution in [3.05, 3.63) is 58.0 Å². The molecule has 0 unspecified atom stereocenters. The Labute approximate surface area is 105 Å². The van der Waals surface area contributed by atoms with Gasteiger partial charge in [0.2, 0.25) is 0 Å². The molecule has 0 radical (unpaired) electrons. The molecule has 0 saturated heterocycles. The van der Waals surface area contributed by atoms with Crippen molar-refractivity contribution in [1.82, 2.24) is 9.78 Å². The van der Waals surface area contributed by atoms with E-state index in [0.29, 0.717) is 6.54 Å². The third-order valence-electron chi connectivity index (χ3n) is 3.16. The van der Waals surface area contributed by atoms with Crippen molar-refractivity contribution in [3.63, 3.8) is 0 Å². The van der Waals surface area contributed by atoms with Gasteiger partial charge in [0.25, 0.3) is 5.56 Å². The molecule has 2 heterocycles. The number of nitrogens with one attached hydrogen (secondary N) is 1. The van der Waals surface area contributed by atoms with Crippen LogP contribution in [0.3, 0.4) is 0 Å². The summed E-state index contributed by atoms with van der Waals surface area (Å²) in [6.07, 6.45) is 2.01. The number of aryl methyl sites for hydroxylation is 1. The molecule has 2 aromatic rings. The number of hydrogen-bond acceptors (Lipinski definition) is 3. The molecule has 1 aromatic carbocycles. The van der Waals surface area contributed by atoms with Gasteiger partial charge in [0.1, 0.15) is 0 Å². The lowest BCUT2D eigenvalue weighted by Gasteiger charge is -2.17. The average molecular weight is 241 g/mol. The first kappa shape index (κ1) is 11.0.